The smallest absolute Gasteiger partial charge is 0.410 e. The predicted molar refractivity (Wildman–Crippen MR) is 81.4 cm³/mol. The molecule has 4 nitrogen and oxygen atoms in total. The number of carbonyl (C=O) groups is 2. The van der Waals surface area contributed by atoms with Gasteiger partial charge in [0, 0.05) is 24.6 Å². The Morgan fingerprint density at radius 2 is 2.00 bits per heavy atom. The molecule has 0 bridgehead atoms. The topological polar surface area (TPSA) is 46.6 Å². The van der Waals surface area contributed by atoms with Gasteiger partial charge in [-0.2, -0.15) is 0 Å². The first-order chi connectivity index (χ1) is 10.2. The maximum Gasteiger partial charge on any atom is 0.410 e. The van der Waals surface area contributed by atoms with Gasteiger partial charge in [0.05, 0.1) is 0 Å². The van der Waals surface area contributed by atoms with Crippen molar-refractivity contribution in [3.05, 3.63) is 35.1 Å². The number of carbonyl (C=O) groups excluding carboxylic acids is 2. The van der Waals surface area contributed by atoms with Crippen LogP contribution in [-0.2, 0) is 4.74 Å². The van der Waals surface area contributed by atoms with Gasteiger partial charge in [-0.05, 0) is 45.7 Å². The highest BCUT2D eigenvalue weighted by atomic mass is 19.1. The Labute approximate surface area is 130 Å². The summed E-state index contributed by atoms with van der Waals surface area (Å²) in [5, 5.41) is 0. The number of likely N-dealkylation sites (tertiary alicyclic amines) is 1. The molecule has 1 atom stereocenters. The molecular weight excluding hydrogens is 285 g/mol. The van der Waals surface area contributed by atoms with Gasteiger partial charge >= 0.3 is 6.09 Å². The van der Waals surface area contributed by atoms with Crippen LogP contribution in [0.2, 0.25) is 0 Å². The van der Waals surface area contributed by atoms with E-state index in [0.717, 1.165) is 0 Å². The van der Waals surface area contributed by atoms with Crippen LogP contribution in [0.3, 0.4) is 0 Å². The SMILES string of the molecule is Cc1ccc(C(=O)C2CCN(C(=O)OC(C)(C)C)C2)cc1F. The second-order valence-electron chi connectivity index (χ2n) is 6.74. The summed E-state index contributed by atoms with van der Waals surface area (Å²) < 4.78 is 18.9. The van der Waals surface area contributed by atoms with Crippen LogP contribution < -0.4 is 0 Å². The molecule has 1 aliphatic rings. The van der Waals surface area contributed by atoms with Crippen molar-refractivity contribution in [2.75, 3.05) is 13.1 Å². The molecule has 1 aromatic carbocycles. The Morgan fingerprint density at radius 3 is 2.59 bits per heavy atom. The van der Waals surface area contributed by atoms with E-state index in [0.29, 0.717) is 30.6 Å². The lowest BCUT2D eigenvalue weighted by Crippen LogP contribution is -2.35. The fourth-order valence-corrected chi connectivity index (χ4v) is 2.45. The van der Waals surface area contributed by atoms with Gasteiger partial charge in [-0.15, -0.1) is 0 Å². The molecule has 22 heavy (non-hydrogen) atoms. The first kappa shape index (κ1) is 16.5. The van der Waals surface area contributed by atoms with Gasteiger partial charge in [0.15, 0.2) is 5.78 Å². The lowest BCUT2D eigenvalue weighted by molar-refractivity contribution is 0.0289. The minimum absolute atomic E-state index is 0.120. The molecule has 0 aromatic heterocycles. The number of ether oxygens (including phenoxy) is 1. The first-order valence-corrected chi connectivity index (χ1v) is 7.45. The molecule has 5 heteroatoms. The van der Waals surface area contributed by atoms with E-state index in [1.165, 1.54) is 6.07 Å². The van der Waals surface area contributed by atoms with Gasteiger partial charge < -0.3 is 9.64 Å². The van der Waals surface area contributed by atoms with E-state index in [9.17, 15) is 14.0 Å². The van der Waals surface area contributed by atoms with Crippen molar-refractivity contribution in [2.45, 2.75) is 39.7 Å². The average molecular weight is 307 g/mol. The summed E-state index contributed by atoms with van der Waals surface area (Å²) in [6.45, 7) is 7.88. The predicted octanol–water partition coefficient (Wildman–Crippen LogP) is 3.57. The largest absolute Gasteiger partial charge is 0.444 e. The second-order valence-corrected chi connectivity index (χ2v) is 6.74. The third-order valence-electron chi connectivity index (χ3n) is 3.67. The van der Waals surface area contributed by atoms with E-state index in [1.807, 2.05) is 0 Å². The van der Waals surface area contributed by atoms with Crippen molar-refractivity contribution in [3.63, 3.8) is 0 Å². The highest BCUT2D eigenvalue weighted by Crippen LogP contribution is 2.23. The van der Waals surface area contributed by atoms with Crippen LogP contribution in [0.1, 0.15) is 43.1 Å². The number of rotatable bonds is 2. The molecule has 1 amide bonds. The van der Waals surface area contributed by atoms with Crippen molar-refractivity contribution in [3.8, 4) is 0 Å². The lowest BCUT2D eigenvalue weighted by Gasteiger charge is -2.24. The molecule has 0 spiro atoms. The molecule has 0 saturated carbocycles. The van der Waals surface area contributed by atoms with Crippen LogP contribution in [0.4, 0.5) is 9.18 Å². The Hall–Kier alpha value is -1.91. The summed E-state index contributed by atoms with van der Waals surface area (Å²) in [4.78, 5) is 26.0. The molecule has 1 unspecified atom stereocenters. The number of benzene rings is 1. The van der Waals surface area contributed by atoms with E-state index in [4.69, 9.17) is 4.74 Å². The lowest BCUT2D eigenvalue weighted by atomic mass is 9.96. The number of aryl methyl sites for hydroxylation is 1. The fraction of sp³-hybridized carbons (Fsp3) is 0.529. The van der Waals surface area contributed by atoms with Gasteiger partial charge in [-0.1, -0.05) is 12.1 Å². The highest BCUT2D eigenvalue weighted by molar-refractivity contribution is 5.98. The number of nitrogens with zero attached hydrogens (tertiary/aromatic N) is 1. The summed E-state index contributed by atoms with van der Waals surface area (Å²) in [6.07, 6.45) is 0.172. The molecule has 2 rings (SSSR count). The molecule has 0 aliphatic carbocycles. The third-order valence-corrected chi connectivity index (χ3v) is 3.67. The zero-order valence-electron chi connectivity index (χ0n) is 13.5. The Balaban J connectivity index is 2.02. The standard InChI is InChI=1S/C17H22FNO3/c1-11-5-6-12(9-14(11)18)15(20)13-7-8-19(10-13)16(21)22-17(2,3)4/h5-6,9,13H,7-8,10H2,1-4H3. The first-order valence-electron chi connectivity index (χ1n) is 7.45. The minimum Gasteiger partial charge on any atom is -0.444 e. The molecule has 120 valence electrons. The number of ketones is 1. The van der Waals surface area contributed by atoms with E-state index in [1.54, 1.807) is 44.7 Å². The van der Waals surface area contributed by atoms with Crippen LogP contribution >= 0.6 is 0 Å². The molecule has 1 aromatic rings. The Morgan fingerprint density at radius 1 is 1.32 bits per heavy atom. The van der Waals surface area contributed by atoms with E-state index >= 15 is 0 Å². The molecular formula is C17H22FNO3. The molecule has 0 N–H and O–H groups in total. The van der Waals surface area contributed by atoms with Crippen LogP contribution in [-0.4, -0.2) is 35.5 Å². The van der Waals surface area contributed by atoms with Crippen molar-refractivity contribution in [1.29, 1.82) is 0 Å². The zero-order valence-corrected chi connectivity index (χ0v) is 13.5. The van der Waals surface area contributed by atoms with E-state index in [-0.39, 0.29) is 17.5 Å². The number of halogens is 1. The minimum atomic E-state index is -0.556. The molecule has 1 aliphatic heterocycles. The van der Waals surface area contributed by atoms with Crippen LogP contribution in [0, 0.1) is 18.7 Å². The van der Waals surface area contributed by atoms with Crippen LogP contribution in [0.5, 0.6) is 0 Å². The van der Waals surface area contributed by atoms with Crippen molar-refractivity contribution >= 4 is 11.9 Å². The van der Waals surface area contributed by atoms with Gasteiger partial charge in [0.25, 0.3) is 0 Å². The summed E-state index contributed by atoms with van der Waals surface area (Å²) in [6, 6.07) is 4.51. The molecule has 0 radical (unpaired) electrons. The summed E-state index contributed by atoms with van der Waals surface area (Å²) in [5.74, 6) is -0.799. The summed E-state index contributed by atoms with van der Waals surface area (Å²) in [7, 11) is 0. The number of hydrogen-bond acceptors (Lipinski definition) is 3. The van der Waals surface area contributed by atoms with Crippen LogP contribution in [0.25, 0.3) is 0 Å². The van der Waals surface area contributed by atoms with Crippen molar-refractivity contribution < 1.29 is 18.7 Å². The van der Waals surface area contributed by atoms with Crippen molar-refractivity contribution in [2.24, 2.45) is 5.92 Å². The molecule has 1 saturated heterocycles. The highest BCUT2D eigenvalue weighted by Gasteiger charge is 2.33. The van der Waals surface area contributed by atoms with E-state index < -0.39 is 11.7 Å². The van der Waals surface area contributed by atoms with Gasteiger partial charge in [-0.25, -0.2) is 9.18 Å². The van der Waals surface area contributed by atoms with Gasteiger partial charge in [0.2, 0.25) is 0 Å². The second kappa shape index (κ2) is 6.07. The monoisotopic (exact) mass is 307 g/mol. The maximum absolute atomic E-state index is 13.6. The number of hydrogen-bond donors (Lipinski definition) is 0. The van der Waals surface area contributed by atoms with Crippen molar-refractivity contribution in [1.82, 2.24) is 4.90 Å². The fourth-order valence-electron chi connectivity index (χ4n) is 2.45. The summed E-state index contributed by atoms with van der Waals surface area (Å²) >= 11 is 0. The summed E-state index contributed by atoms with van der Waals surface area (Å²) in [5.41, 5.74) is 0.316. The maximum atomic E-state index is 13.6. The Kier molecular flexibility index (Phi) is 4.54. The normalized spacial score (nSPS) is 18.4. The molecule has 1 heterocycles. The molecule has 1 fully saturated rings. The van der Waals surface area contributed by atoms with Gasteiger partial charge in [0.1, 0.15) is 11.4 Å². The average Bonchev–Trinajstić information content (AvgIpc) is 2.89. The number of amides is 1. The van der Waals surface area contributed by atoms with Crippen LogP contribution in [0.15, 0.2) is 18.2 Å². The third kappa shape index (κ3) is 3.84. The Bertz CT molecular complexity index is 592. The van der Waals surface area contributed by atoms with E-state index in [2.05, 4.69) is 0 Å². The zero-order chi connectivity index (χ0) is 16.5. The number of Topliss-reactive ketones (excluding diaryl/α,β-unsaturated/α-hetero) is 1. The van der Waals surface area contributed by atoms with Gasteiger partial charge in [-0.3, -0.25) is 4.79 Å². The quantitative estimate of drug-likeness (QED) is 0.785.